The lowest BCUT2D eigenvalue weighted by atomic mass is 9.97. The molecule has 1 heterocycles. The van der Waals surface area contributed by atoms with Crippen LogP contribution in [-0.2, 0) is 19.4 Å². The number of fused-ring (bicyclic) bond motifs is 1. The third kappa shape index (κ3) is 5.34. The number of hydrogen-bond acceptors (Lipinski definition) is 6. The van der Waals surface area contributed by atoms with Crippen LogP contribution in [0.5, 0.6) is 0 Å². The minimum atomic E-state index is -1.54. The van der Waals surface area contributed by atoms with Crippen LogP contribution >= 0.6 is 0 Å². The molecule has 0 atom stereocenters. The second-order valence-electron chi connectivity index (χ2n) is 10.4. The van der Waals surface area contributed by atoms with Gasteiger partial charge < -0.3 is 10.6 Å². The quantitative estimate of drug-likeness (QED) is 0.287. The molecule has 2 N–H and O–H groups in total. The second-order valence-corrected chi connectivity index (χ2v) is 10.4. The van der Waals surface area contributed by atoms with E-state index in [-0.39, 0.29) is 11.1 Å². The summed E-state index contributed by atoms with van der Waals surface area (Å²) in [6, 6.07) is 6.40. The standard InChI is InChI=1S/C23H33N3O6/c1-20(2,3)31-32-23(8,9)25-18(29)21(4,5)24-19(30)22(6,7)26-16(27)14-12-10-11-13-15(14)17(26)28/h10-13H,1-9H3,(H,24,30)(H,25,29). The second kappa shape index (κ2) is 8.29. The Bertz CT molecular complexity index is 908. The van der Waals surface area contributed by atoms with Gasteiger partial charge in [0.2, 0.25) is 11.8 Å². The van der Waals surface area contributed by atoms with E-state index in [1.807, 2.05) is 0 Å². The van der Waals surface area contributed by atoms with Crippen LogP contribution in [0.1, 0.15) is 83.0 Å². The number of imide groups is 1. The van der Waals surface area contributed by atoms with Crippen molar-refractivity contribution in [2.45, 2.75) is 84.7 Å². The Balaban J connectivity index is 2.14. The lowest BCUT2D eigenvalue weighted by Crippen LogP contribution is -2.65. The fraction of sp³-hybridized carbons (Fsp3) is 0.565. The number of carbonyl (C=O) groups is 4. The highest BCUT2D eigenvalue weighted by Gasteiger charge is 2.49. The largest absolute Gasteiger partial charge is 0.340 e. The van der Waals surface area contributed by atoms with Crippen molar-refractivity contribution in [1.82, 2.24) is 15.5 Å². The summed E-state index contributed by atoms with van der Waals surface area (Å²) in [6.45, 7) is 14.6. The molecule has 0 spiro atoms. The summed E-state index contributed by atoms with van der Waals surface area (Å²) in [7, 11) is 0. The van der Waals surface area contributed by atoms with Gasteiger partial charge in [-0.15, -0.1) is 0 Å². The molecular formula is C23H33N3O6. The molecule has 0 aliphatic carbocycles. The van der Waals surface area contributed by atoms with Gasteiger partial charge in [-0.2, -0.15) is 0 Å². The van der Waals surface area contributed by atoms with Crippen LogP contribution in [0.4, 0.5) is 0 Å². The molecule has 9 nitrogen and oxygen atoms in total. The molecule has 176 valence electrons. The molecule has 32 heavy (non-hydrogen) atoms. The number of nitrogens with one attached hydrogen (secondary N) is 2. The molecule has 2 rings (SSSR count). The number of carbonyl (C=O) groups excluding carboxylic acids is 4. The van der Waals surface area contributed by atoms with Crippen LogP contribution in [0.15, 0.2) is 24.3 Å². The van der Waals surface area contributed by atoms with E-state index in [9.17, 15) is 19.2 Å². The summed E-state index contributed by atoms with van der Waals surface area (Å²) in [5, 5.41) is 5.32. The average Bonchev–Trinajstić information content (AvgIpc) is 2.90. The van der Waals surface area contributed by atoms with Gasteiger partial charge in [-0.25, -0.2) is 9.78 Å². The van der Waals surface area contributed by atoms with Gasteiger partial charge in [0.1, 0.15) is 11.1 Å². The molecule has 1 aliphatic rings. The van der Waals surface area contributed by atoms with Crippen molar-refractivity contribution < 1.29 is 29.0 Å². The van der Waals surface area contributed by atoms with E-state index in [0.29, 0.717) is 0 Å². The first-order chi connectivity index (χ1) is 14.4. The van der Waals surface area contributed by atoms with Crippen LogP contribution in [0.2, 0.25) is 0 Å². The molecule has 0 fully saturated rings. The molecule has 9 heteroatoms. The monoisotopic (exact) mass is 447 g/mol. The molecule has 1 aliphatic heterocycles. The van der Waals surface area contributed by atoms with Gasteiger partial charge in [-0.3, -0.25) is 24.1 Å². The van der Waals surface area contributed by atoms with Crippen molar-refractivity contribution in [3.63, 3.8) is 0 Å². The zero-order valence-electron chi connectivity index (χ0n) is 20.2. The van der Waals surface area contributed by atoms with Crippen molar-refractivity contribution in [2.75, 3.05) is 0 Å². The van der Waals surface area contributed by atoms with Gasteiger partial charge in [0.05, 0.1) is 16.7 Å². The topological polar surface area (TPSA) is 114 Å². The van der Waals surface area contributed by atoms with E-state index in [1.165, 1.54) is 27.7 Å². The number of hydrogen-bond donors (Lipinski definition) is 2. The van der Waals surface area contributed by atoms with Gasteiger partial charge in [0.25, 0.3) is 11.8 Å². The Hall–Kier alpha value is -2.78. The van der Waals surface area contributed by atoms with E-state index in [0.717, 1.165) is 4.90 Å². The van der Waals surface area contributed by atoms with Crippen LogP contribution < -0.4 is 10.6 Å². The summed E-state index contributed by atoms with van der Waals surface area (Å²) in [6.07, 6.45) is 0. The fourth-order valence-corrected chi connectivity index (χ4v) is 2.97. The minimum absolute atomic E-state index is 0.244. The first-order valence-electron chi connectivity index (χ1n) is 10.4. The van der Waals surface area contributed by atoms with Gasteiger partial charge in [-0.05, 0) is 74.4 Å². The van der Waals surface area contributed by atoms with Crippen molar-refractivity contribution in [2.24, 2.45) is 0 Å². The van der Waals surface area contributed by atoms with Gasteiger partial charge in [0.15, 0.2) is 5.72 Å². The summed E-state index contributed by atoms with van der Waals surface area (Å²) < 4.78 is 0. The maximum Gasteiger partial charge on any atom is 0.262 e. The van der Waals surface area contributed by atoms with Gasteiger partial charge >= 0.3 is 0 Å². The molecule has 1 aromatic rings. The highest BCUT2D eigenvalue weighted by atomic mass is 17.2. The zero-order valence-corrected chi connectivity index (χ0v) is 20.2. The number of amides is 4. The minimum Gasteiger partial charge on any atom is -0.340 e. The molecule has 0 aromatic heterocycles. The van der Waals surface area contributed by atoms with Crippen molar-refractivity contribution in [3.8, 4) is 0 Å². The van der Waals surface area contributed by atoms with E-state index in [1.54, 1.807) is 58.9 Å². The highest BCUT2D eigenvalue weighted by molar-refractivity contribution is 6.23. The Morgan fingerprint density at radius 2 is 1.22 bits per heavy atom. The third-order valence-electron chi connectivity index (χ3n) is 4.82. The third-order valence-corrected chi connectivity index (χ3v) is 4.82. The van der Waals surface area contributed by atoms with E-state index >= 15 is 0 Å². The smallest absolute Gasteiger partial charge is 0.262 e. The van der Waals surface area contributed by atoms with Crippen molar-refractivity contribution >= 4 is 23.6 Å². The molecule has 0 saturated carbocycles. The maximum atomic E-state index is 13.1. The lowest BCUT2D eigenvalue weighted by Gasteiger charge is -2.37. The summed E-state index contributed by atoms with van der Waals surface area (Å²) in [5.41, 5.74) is -4.19. The first kappa shape index (κ1) is 25.5. The molecule has 1 aromatic carbocycles. The van der Waals surface area contributed by atoms with Crippen LogP contribution in [0.3, 0.4) is 0 Å². The molecule has 4 amide bonds. The zero-order chi connectivity index (χ0) is 24.7. The summed E-state index contributed by atoms with van der Waals surface area (Å²) in [5.74, 6) is -2.30. The number of benzene rings is 1. The summed E-state index contributed by atoms with van der Waals surface area (Å²) >= 11 is 0. The number of nitrogens with zero attached hydrogens (tertiary/aromatic N) is 1. The van der Waals surface area contributed by atoms with Crippen LogP contribution in [0.25, 0.3) is 0 Å². The van der Waals surface area contributed by atoms with E-state index < -0.39 is 46.0 Å². The molecule has 0 saturated heterocycles. The van der Waals surface area contributed by atoms with E-state index in [4.69, 9.17) is 9.78 Å². The van der Waals surface area contributed by atoms with Crippen LogP contribution in [0, 0.1) is 0 Å². The Labute approximate surface area is 188 Å². The molecule has 0 radical (unpaired) electrons. The highest BCUT2D eigenvalue weighted by Crippen LogP contribution is 2.30. The van der Waals surface area contributed by atoms with Gasteiger partial charge in [0, 0.05) is 0 Å². The fourth-order valence-electron chi connectivity index (χ4n) is 2.97. The van der Waals surface area contributed by atoms with Gasteiger partial charge in [-0.1, -0.05) is 12.1 Å². The average molecular weight is 448 g/mol. The molecular weight excluding hydrogens is 414 g/mol. The first-order valence-corrected chi connectivity index (χ1v) is 10.4. The van der Waals surface area contributed by atoms with Crippen LogP contribution in [-0.4, -0.2) is 50.9 Å². The predicted octanol–water partition coefficient (Wildman–Crippen LogP) is 2.56. The van der Waals surface area contributed by atoms with Crippen molar-refractivity contribution in [1.29, 1.82) is 0 Å². The molecule has 0 bridgehead atoms. The predicted molar refractivity (Wildman–Crippen MR) is 117 cm³/mol. The Morgan fingerprint density at radius 3 is 1.66 bits per heavy atom. The SMILES string of the molecule is CC(C)(C)OOC(C)(C)NC(=O)C(C)(C)NC(=O)C(C)(C)N1C(=O)c2ccccc2C1=O. The van der Waals surface area contributed by atoms with E-state index in [2.05, 4.69) is 10.6 Å². The Kier molecular flexibility index (Phi) is 6.60. The molecule has 0 unspecified atom stereocenters. The maximum absolute atomic E-state index is 13.1. The lowest BCUT2D eigenvalue weighted by molar-refractivity contribution is -0.401. The Morgan fingerprint density at radius 1 is 0.750 bits per heavy atom. The summed E-state index contributed by atoms with van der Waals surface area (Å²) in [4.78, 5) is 63.2. The van der Waals surface area contributed by atoms with Crippen molar-refractivity contribution in [3.05, 3.63) is 35.4 Å². The normalized spacial score (nSPS) is 15.0. The number of rotatable bonds is 7.